The Hall–Kier alpha value is -1.80. The molecule has 2 aliphatic rings. The molecule has 0 fully saturated rings. The minimum atomic E-state index is 0.399. The summed E-state index contributed by atoms with van der Waals surface area (Å²) >= 11 is 0. The van der Waals surface area contributed by atoms with E-state index in [1.54, 1.807) is 7.11 Å². The number of benzene rings is 2. The third-order valence-electron chi connectivity index (χ3n) is 4.28. The summed E-state index contributed by atoms with van der Waals surface area (Å²) in [5.74, 6) is 0.951. The van der Waals surface area contributed by atoms with Gasteiger partial charge in [-0.3, -0.25) is 4.90 Å². The molecule has 18 heavy (non-hydrogen) atoms. The second kappa shape index (κ2) is 3.36. The van der Waals surface area contributed by atoms with Crippen molar-refractivity contribution >= 4 is 0 Å². The normalized spacial score (nSPS) is 23.9. The van der Waals surface area contributed by atoms with Crippen molar-refractivity contribution in [3.05, 3.63) is 64.7 Å². The molecule has 2 heteroatoms. The smallest absolute Gasteiger partial charge is 0.119 e. The van der Waals surface area contributed by atoms with Gasteiger partial charge < -0.3 is 4.74 Å². The zero-order valence-corrected chi connectivity index (χ0v) is 10.6. The van der Waals surface area contributed by atoms with Crippen molar-refractivity contribution in [3.63, 3.8) is 0 Å². The highest BCUT2D eigenvalue weighted by atomic mass is 16.5. The Kier molecular flexibility index (Phi) is 1.90. The predicted octanol–water partition coefficient (Wildman–Crippen LogP) is 3.13. The van der Waals surface area contributed by atoms with Gasteiger partial charge in [0.25, 0.3) is 0 Å². The third kappa shape index (κ3) is 1.06. The highest BCUT2D eigenvalue weighted by molar-refractivity contribution is 5.58. The van der Waals surface area contributed by atoms with Gasteiger partial charge in [0, 0.05) is 0 Å². The van der Waals surface area contributed by atoms with Crippen LogP contribution in [0, 0.1) is 0 Å². The summed E-state index contributed by atoms with van der Waals surface area (Å²) in [6, 6.07) is 16.1. The zero-order valence-electron chi connectivity index (χ0n) is 10.6. The lowest BCUT2D eigenvalue weighted by molar-refractivity contribution is 0.296. The van der Waals surface area contributed by atoms with E-state index >= 15 is 0 Å². The molecule has 0 saturated carbocycles. The molecule has 2 unspecified atom stereocenters. The number of rotatable bonds is 1. The van der Waals surface area contributed by atoms with Gasteiger partial charge in [-0.05, 0) is 41.4 Å². The highest BCUT2D eigenvalue weighted by Gasteiger charge is 2.45. The average molecular weight is 237 g/mol. The van der Waals surface area contributed by atoms with E-state index in [2.05, 4.69) is 54.4 Å². The molecule has 2 nitrogen and oxygen atoms in total. The maximum absolute atomic E-state index is 5.35. The molecule has 2 aliphatic heterocycles. The first-order chi connectivity index (χ1) is 8.81. The summed E-state index contributed by atoms with van der Waals surface area (Å²) in [6.45, 7) is 0. The fourth-order valence-corrected chi connectivity index (χ4v) is 3.54. The van der Waals surface area contributed by atoms with Gasteiger partial charge >= 0.3 is 0 Å². The first-order valence-corrected chi connectivity index (χ1v) is 6.30. The van der Waals surface area contributed by atoms with Gasteiger partial charge in [-0.1, -0.05) is 30.3 Å². The molecule has 0 N–H and O–H groups in total. The van der Waals surface area contributed by atoms with E-state index in [0.717, 1.165) is 5.75 Å². The Bertz CT molecular complexity index is 635. The lowest BCUT2D eigenvalue weighted by atomic mass is 9.86. The molecule has 0 saturated heterocycles. The van der Waals surface area contributed by atoms with E-state index in [0.29, 0.717) is 12.1 Å². The molecule has 0 amide bonds. The van der Waals surface area contributed by atoms with E-state index in [1.165, 1.54) is 22.3 Å². The maximum atomic E-state index is 5.35. The minimum Gasteiger partial charge on any atom is -0.497 e. The van der Waals surface area contributed by atoms with Crippen LogP contribution >= 0.6 is 0 Å². The number of methoxy groups -OCH3 is 1. The van der Waals surface area contributed by atoms with Gasteiger partial charge in [0.05, 0.1) is 19.2 Å². The van der Waals surface area contributed by atoms with Crippen LogP contribution in [0.25, 0.3) is 0 Å². The van der Waals surface area contributed by atoms with Gasteiger partial charge in [-0.2, -0.15) is 0 Å². The fraction of sp³-hybridized carbons (Fsp3) is 0.250. The third-order valence-corrected chi connectivity index (χ3v) is 4.28. The SMILES string of the molecule is COc1ccc2c(c1)C1c3ccccc3C2N1C. The first kappa shape index (κ1) is 10.2. The molecule has 2 heterocycles. The van der Waals surface area contributed by atoms with Crippen LogP contribution in [0.3, 0.4) is 0 Å². The Morgan fingerprint density at radius 1 is 0.889 bits per heavy atom. The number of nitrogens with zero attached hydrogens (tertiary/aromatic N) is 1. The summed E-state index contributed by atoms with van der Waals surface area (Å²) in [6.07, 6.45) is 0. The van der Waals surface area contributed by atoms with Crippen molar-refractivity contribution in [3.8, 4) is 5.75 Å². The van der Waals surface area contributed by atoms with Crippen LogP contribution in [-0.2, 0) is 0 Å². The number of fused-ring (bicyclic) bond motifs is 8. The largest absolute Gasteiger partial charge is 0.497 e. The number of hydrogen-bond donors (Lipinski definition) is 0. The second-order valence-electron chi connectivity index (χ2n) is 5.09. The zero-order chi connectivity index (χ0) is 12.3. The molecule has 2 aromatic rings. The van der Waals surface area contributed by atoms with Crippen LogP contribution in [0.4, 0.5) is 0 Å². The summed E-state index contributed by atoms with van der Waals surface area (Å²) in [4.78, 5) is 2.45. The van der Waals surface area contributed by atoms with Crippen molar-refractivity contribution in [2.24, 2.45) is 0 Å². The van der Waals surface area contributed by atoms with Gasteiger partial charge in [0.1, 0.15) is 5.75 Å². The van der Waals surface area contributed by atoms with Crippen LogP contribution < -0.4 is 4.74 Å². The molecular formula is C16H15NO. The van der Waals surface area contributed by atoms with Crippen LogP contribution in [0.1, 0.15) is 34.3 Å². The van der Waals surface area contributed by atoms with Crippen molar-refractivity contribution in [2.75, 3.05) is 14.2 Å². The van der Waals surface area contributed by atoms with E-state index < -0.39 is 0 Å². The first-order valence-electron chi connectivity index (χ1n) is 6.30. The number of ether oxygens (including phenoxy) is 1. The van der Waals surface area contributed by atoms with E-state index in [1.807, 2.05) is 0 Å². The van der Waals surface area contributed by atoms with Gasteiger partial charge in [-0.25, -0.2) is 0 Å². The lowest BCUT2D eigenvalue weighted by Gasteiger charge is -2.17. The maximum Gasteiger partial charge on any atom is 0.119 e. The van der Waals surface area contributed by atoms with Gasteiger partial charge in [0.15, 0.2) is 0 Å². The van der Waals surface area contributed by atoms with Gasteiger partial charge in [0.2, 0.25) is 0 Å². The molecule has 0 radical (unpaired) electrons. The summed E-state index contributed by atoms with van der Waals surface area (Å²) in [5, 5.41) is 0. The van der Waals surface area contributed by atoms with E-state index in [9.17, 15) is 0 Å². The quantitative estimate of drug-likeness (QED) is 0.755. The molecule has 0 spiro atoms. The van der Waals surface area contributed by atoms with E-state index in [4.69, 9.17) is 4.74 Å². The molecule has 0 aliphatic carbocycles. The van der Waals surface area contributed by atoms with Crippen molar-refractivity contribution in [1.82, 2.24) is 4.90 Å². The molecular weight excluding hydrogens is 222 g/mol. The van der Waals surface area contributed by atoms with Crippen molar-refractivity contribution < 1.29 is 4.74 Å². The molecule has 2 atom stereocenters. The Balaban J connectivity index is 1.96. The molecule has 2 aromatic carbocycles. The number of hydrogen-bond acceptors (Lipinski definition) is 2. The molecule has 0 aromatic heterocycles. The lowest BCUT2D eigenvalue weighted by Crippen LogP contribution is -2.14. The average Bonchev–Trinajstić information content (AvgIpc) is 2.86. The van der Waals surface area contributed by atoms with Crippen LogP contribution in [0.15, 0.2) is 42.5 Å². The summed E-state index contributed by atoms with van der Waals surface area (Å²) in [7, 11) is 3.94. The highest BCUT2D eigenvalue weighted by Crippen LogP contribution is 2.55. The van der Waals surface area contributed by atoms with E-state index in [-0.39, 0.29) is 0 Å². The van der Waals surface area contributed by atoms with Crippen LogP contribution in [0.5, 0.6) is 5.75 Å². The second-order valence-corrected chi connectivity index (χ2v) is 5.09. The van der Waals surface area contributed by atoms with Crippen molar-refractivity contribution in [1.29, 1.82) is 0 Å². The fourth-order valence-electron chi connectivity index (χ4n) is 3.54. The monoisotopic (exact) mass is 237 g/mol. The molecule has 4 rings (SSSR count). The van der Waals surface area contributed by atoms with Crippen LogP contribution in [-0.4, -0.2) is 19.1 Å². The Morgan fingerprint density at radius 3 is 2.17 bits per heavy atom. The summed E-state index contributed by atoms with van der Waals surface area (Å²) < 4.78 is 5.35. The summed E-state index contributed by atoms with van der Waals surface area (Å²) in [5.41, 5.74) is 5.75. The minimum absolute atomic E-state index is 0.399. The van der Waals surface area contributed by atoms with Crippen molar-refractivity contribution in [2.45, 2.75) is 12.1 Å². The van der Waals surface area contributed by atoms with Crippen LogP contribution in [0.2, 0.25) is 0 Å². The predicted molar refractivity (Wildman–Crippen MR) is 70.9 cm³/mol. The Labute approximate surface area is 107 Å². The standard InChI is InChI=1S/C16H15NO/c1-17-15-11-5-3-4-6-12(11)16(17)14-9-10(18-2)7-8-13(14)15/h3-9,15-16H,1-2H3. The van der Waals surface area contributed by atoms with Gasteiger partial charge in [-0.15, -0.1) is 0 Å². The topological polar surface area (TPSA) is 12.5 Å². The molecule has 2 bridgehead atoms. The Morgan fingerprint density at radius 2 is 1.50 bits per heavy atom. The molecule has 90 valence electrons.